The summed E-state index contributed by atoms with van der Waals surface area (Å²) in [5, 5.41) is 10.3. The first kappa shape index (κ1) is 11.5. The molecule has 1 aliphatic heterocycles. The van der Waals surface area contributed by atoms with Crippen LogP contribution in [0, 0.1) is 0 Å². The van der Waals surface area contributed by atoms with Crippen molar-refractivity contribution in [2.24, 2.45) is 5.73 Å². The SMILES string of the molecule is NCCC(O)c1cc2c(cc1Cl)OCCO2. The Bertz CT molecular complexity index is 384. The number of halogens is 1. The maximum absolute atomic E-state index is 9.84. The van der Waals surface area contributed by atoms with E-state index in [0.717, 1.165) is 0 Å². The minimum absolute atomic E-state index is 0.409. The van der Waals surface area contributed by atoms with Crippen LogP contribution in [0.3, 0.4) is 0 Å². The highest BCUT2D eigenvalue weighted by Crippen LogP contribution is 2.38. The Morgan fingerprint density at radius 2 is 1.94 bits per heavy atom. The topological polar surface area (TPSA) is 64.7 Å². The monoisotopic (exact) mass is 243 g/mol. The van der Waals surface area contributed by atoms with Crippen molar-refractivity contribution in [3.8, 4) is 11.5 Å². The third kappa shape index (κ3) is 2.24. The van der Waals surface area contributed by atoms with Crippen molar-refractivity contribution >= 4 is 11.6 Å². The molecule has 1 unspecified atom stereocenters. The van der Waals surface area contributed by atoms with Crippen LogP contribution in [0.15, 0.2) is 12.1 Å². The average Bonchev–Trinajstić information content (AvgIpc) is 2.28. The van der Waals surface area contributed by atoms with Gasteiger partial charge < -0.3 is 20.3 Å². The molecule has 0 aliphatic carbocycles. The predicted octanol–water partition coefficient (Wildman–Crippen LogP) is 1.49. The van der Waals surface area contributed by atoms with E-state index >= 15 is 0 Å². The van der Waals surface area contributed by atoms with Gasteiger partial charge in [0.05, 0.1) is 11.1 Å². The number of benzene rings is 1. The molecule has 3 N–H and O–H groups in total. The van der Waals surface area contributed by atoms with E-state index in [1.165, 1.54) is 0 Å². The van der Waals surface area contributed by atoms with Crippen molar-refractivity contribution in [2.75, 3.05) is 19.8 Å². The molecule has 0 aromatic heterocycles. The summed E-state index contributed by atoms with van der Waals surface area (Å²) >= 11 is 6.06. The van der Waals surface area contributed by atoms with Crippen LogP contribution in [-0.2, 0) is 0 Å². The molecule has 0 radical (unpaired) electrons. The van der Waals surface area contributed by atoms with Crippen LogP contribution in [0.1, 0.15) is 18.1 Å². The van der Waals surface area contributed by atoms with E-state index in [-0.39, 0.29) is 0 Å². The van der Waals surface area contributed by atoms with Gasteiger partial charge in [-0.15, -0.1) is 0 Å². The van der Waals surface area contributed by atoms with Gasteiger partial charge in [-0.3, -0.25) is 0 Å². The van der Waals surface area contributed by atoms with E-state index in [1.54, 1.807) is 12.1 Å². The summed E-state index contributed by atoms with van der Waals surface area (Å²) < 4.78 is 10.8. The molecule has 0 fully saturated rings. The van der Waals surface area contributed by atoms with Gasteiger partial charge in [-0.2, -0.15) is 0 Å². The lowest BCUT2D eigenvalue weighted by atomic mass is 10.1. The van der Waals surface area contributed by atoms with Crippen LogP contribution < -0.4 is 15.2 Å². The van der Waals surface area contributed by atoms with E-state index in [4.69, 9.17) is 26.8 Å². The van der Waals surface area contributed by atoms with Gasteiger partial charge in [0.25, 0.3) is 0 Å². The Labute approximate surface area is 98.9 Å². The number of hydrogen-bond acceptors (Lipinski definition) is 4. The first-order valence-corrected chi connectivity index (χ1v) is 5.57. The maximum atomic E-state index is 9.84. The smallest absolute Gasteiger partial charge is 0.162 e. The number of rotatable bonds is 3. The first-order chi connectivity index (χ1) is 7.72. The fourth-order valence-electron chi connectivity index (χ4n) is 1.65. The lowest BCUT2D eigenvalue weighted by Gasteiger charge is -2.21. The second-order valence-electron chi connectivity index (χ2n) is 3.61. The molecule has 2 rings (SSSR count). The zero-order valence-electron chi connectivity index (χ0n) is 8.78. The minimum atomic E-state index is -0.659. The highest BCUT2D eigenvalue weighted by atomic mass is 35.5. The van der Waals surface area contributed by atoms with Gasteiger partial charge in [0.1, 0.15) is 13.2 Å². The summed E-state index contributed by atoms with van der Waals surface area (Å²) in [5.74, 6) is 1.25. The zero-order valence-corrected chi connectivity index (χ0v) is 9.54. The van der Waals surface area contributed by atoms with Crippen LogP contribution in [0.25, 0.3) is 0 Å². The summed E-state index contributed by atoms with van der Waals surface area (Å²) in [4.78, 5) is 0. The number of hydrogen-bond donors (Lipinski definition) is 2. The largest absolute Gasteiger partial charge is 0.486 e. The third-order valence-corrected chi connectivity index (χ3v) is 2.79. The molecular formula is C11H14ClNO3. The van der Waals surface area contributed by atoms with Gasteiger partial charge in [0.2, 0.25) is 0 Å². The molecule has 1 aromatic rings. The molecule has 5 heteroatoms. The Morgan fingerprint density at radius 1 is 1.31 bits per heavy atom. The Balaban J connectivity index is 2.31. The normalized spacial score (nSPS) is 15.9. The van der Waals surface area contributed by atoms with Crippen LogP contribution >= 0.6 is 11.6 Å². The van der Waals surface area contributed by atoms with E-state index in [0.29, 0.717) is 48.3 Å². The molecule has 1 atom stereocenters. The van der Waals surface area contributed by atoms with Gasteiger partial charge in [0, 0.05) is 11.6 Å². The number of aliphatic hydroxyl groups is 1. The van der Waals surface area contributed by atoms with E-state index in [2.05, 4.69) is 0 Å². The molecule has 1 aliphatic rings. The van der Waals surface area contributed by atoms with Gasteiger partial charge in [0.15, 0.2) is 11.5 Å². The molecule has 16 heavy (non-hydrogen) atoms. The predicted molar refractivity (Wildman–Crippen MR) is 61.1 cm³/mol. The molecule has 4 nitrogen and oxygen atoms in total. The fraction of sp³-hybridized carbons (Fsp3) is 0.455. The van der Waals surface area contributed by atoms with E-state index < -0.39 is 6.10 Å². The van der Waals surface area contributed by atoms with Gasteiger partial charge >= 0.3 is 0 Å². The second kappa shape index (κ2) is 4.91. The highest BCUT2D eigenvalue weighted by molar-refractivity contribution is 6.31. The van der Waals surface area contributed by atoms with Gasteiger partial charge in [-0.25, -0.2) is 0 Å². The Morgan fingerprint density at radius 3 is 2.56 bits per heavy atom. The standard InChI is InChI=1S/C11H14ClNO3/c12-8-6-11-10(15-3-4-16-11)5-7(8)9(14)1-2-13/h5-6,9,14H,1-4,13H2. The fourth-order valence-corrected chi connectivity index (χ4v) is 1.93. The highest BCUT2D eigenvalue weighted by Gasteiger charge is 2.18. The summed E-state index contributed by atoms with van der Waals surface area (Å²) in [5.41, 5.74) is 6.03. The summed E-state index contributed by atoms with van der Waals surface area (Å²) in [6, 6.07) is 3.39. The summed E-state index contributed by atoms with van der Waals surface area (Å²) in [6.07, 6.45) is -0.187. The molecule has 0 saturated carbocycles. The molecule has 1 heterocycles. The zero-order chi connectivity index (χ0) is 11.5. The van der Waals surface area contributed by atoms with E-state index in [1.807, 2.05) is 0 Å². The quantitative estimate of drug-likeness (QED) is 0.844. The molecule has 0 spiro atoms. The number of aliphatic hydroxyl groups excluding tert-OH is 1. The molecule has 0 saturated heterocycles. The number of ether oxygens (including phenoxy) is 2. The average molecular weight is 244 g/mol. The summed E-state index contributed by atoms with van der Waals surface area (Å²) in [6.45, 7) is 1.45. The molecule has 0 bridgehead atoms. The van der Waals surface area contributed by atoms with Crippen molar-refractivity contribution in [1.29, 1.82) is 0 Å². The number of fused-ring (bicyclic) bond motifs is 1. The Kier molecular flexibility index (Phi) is 3.53. The first-order valence-electron chi connectivity index (χ1n) is 5.19. The molecular weight excluding hydrogens is 230 g/mol. The maximum Gasteiger partial charge on any atom is 0.162 e. The Hall–Kier alpha value is -0.970. The van der Waals surface area contributed by atoms with Gasteiger partial charge in [-0.1, -0.05) is 11.6 Å². The number of nitrogens with two attached hydrogens (primary N) is 1. The lowest BCUT2D eigenvalue weighted by Crippen LogP contribution is -2.16. The van der Waals surface area contributed by atoms with Crippen LogP contribution in [-0.4, -0.2) is 24.9 Å². The molecule has 1 aromatic carbocycles. The van der Waals surface area contributed by atoms with Crippen molar-refractivity contribution in [3.63, 3.8) is 0 Å². The second-order valence-corrected chi connectivity index (χ2v) is 4.02. The lowest BCUT2D eigenvalue weighted by molar-refractivity contribution is 0.161. The van der Waals surface area contributed by atoms with Crippen molar-refractivity contribution in [2.45, 2.75) is 12.5 Å². The van der Waals surface area contributed by atoms with Crippen LogP contribution in [0.5, 0.6) is 11.5 Å². The van der Waals surface area contributed by atoms with Crippen LogP contribution in [0.2, 0.25) is 5.02 Å². The molecule has 88 valence electrons. The van der Waals surface area contributed by atoms with Crippen LogP contribution in [0.4, 0.5) is 0 Å². The third-order valence-electron chi connectivity index (χ3n) is 2.46. The van der Waals surface area contributed by atoms with Crippen molar-refractivity contribution < 1.29 is 14.6 Å². The summed E-state index contributed by atoms with van der Waals surface area (Å²) in [7, 11) is 0. The minimum Gasteiger partial charge on any atom is -0.486 e. The van der Waals surface area contributed by atoms with E-state index in [9.17, 15) is 5.11 Å². The molecule has 0 amide bonds. The van der Waals surface area contributed by atoms with Gasteiger partial charge in [-0.05, 0) is 19.0 Å². The van der Waals surface area contributed by atoms with Crippen molar-refractivity contribution in [1.82, 2.24) is 0 Å². The van der Waals surface area contributed by atoms with Crippen molar-refractivity contribution in [3.05, 3.63) is 22.7 Å².